The van der Waals surface area contributed by atoms with Gasteiger partial charge in [-0.15, -0.1) is 0 Å². The SMILES string of the molecule is CSC1(CNCc2ccn(C3CCCCC3)n2)CCC1. The van der Waals surface area contributed by atoms with Gasteiger partial charge in [-0.25, -0.2) is 0 Å². The van der Waals surface area contributed by atoms with Crippen LogP contribution in [0.25, 0.3) is 0 Å². The Morgan fingerprint density at radius 2 is 2.10 bits per heavy atom. The Labute approximate surface area is 126 Å². The summed E-state index contributed by atoms with van der Waals surface area (Å²) in [4.78, 5) is 0. The minimum atomic E-state index is 0.520. The Balaban J connectivity index is 1.47. The highest BCUT2D eigenvalue weighted by Gasteiger charge is 2.35. The number of thioether (sulfide) groups is 1. The molecule has 2 saturated carbocycles. The van der Waals surface area contributed by atoms with Crippen LogP contribution in [0.3, 0.4) is 0 Å². The largest absolute Gasteiger partial charge is 0.310 e. The van der Waals surface area contributed by atoms with Gasteiger partial charge in [0.1, 0.15) is 0 Å². The average Bonchev–Trinajstić information content (AvgIpc) is 2.92. The Morgan fingerprint density at radius 1 is 1.30 bits per heavy atom. The smallest absolute Gasteiger partial charge is 0.0762 e. The van der Waals surface area contributed by atoms with E-state index < -0.39 is 0 Å². The molecule has 1 aromatic rings. The lowest BCUT2D eigenvalue weighted by atomic mass is 9.84. The van der Waals surface area contributed by atoms with Crippen LogP contribution in [0.5, 0.6) is 0 Å². The van der Waals surface area contributed by atoms with Crippen molar-refractivity contribution in [3.05, 3.63) is 18.0 Å². The molecule has 0 spiro atoms. The van der Waals surface area contributed by atoms with Crippen LogP contribution in [0.2, 0.25) is 0 Å². The van der Waals surface area contributed by atoms with Crippen LogP contribution in [0, 0.1) is 0 Å². The molecule has 0 amide bonds. The number of nitrogens with one attached hydrogen (secondary N) is 1. The maximum absolute atomic E-state index is 4.77. The molecule has 1 heterocycles. The monoisotopic (exact) mass is 293 g/mol. The van der Waals surface area contributed by atoms with Crippen LogP contribution in [0.1, 0.15) is 63.1 Å². The normalized spacial score (nSPS) is 22.6. The van der Waals surface area contributed by atoms with Crippen molar-refractivity contribution in [2.24, 2.45) is 0 Å². The van der Waals surface area contributed by atoms with Crippen molar-refractivity contribution >= 4 is 11.8 Å². The third kappa shape index (κ3) is 3.22. The van der Waals surface area contributed by atoms with Crippen molar-refractivity contribution in [2.45, 2.75) is 68.7 Å². The molecule has 1 aromatic heterocycles. The Bertz CT molecular complexity index is 414. The Hall–Kier alpha value is -0.480. The third-order valence-electron chi connectivity index (χ3n) is 5.06. The first kappa shape index (κ1) is 14.5. The van der Waals surface area contributed by atoms with E-state index in [9.17, 15) is 0 Å². The summed E-state index contributed by atoms with van der Waals surface area (Å²) in [6, 6.07) is 2.84. The molecule has 112 valence electrons. The van der Waals surface area contributed by atoms with Gasteiger partial charge in [0.2, 0.25) is 0 Å². The molecule has 0 aromatic carbocycles. The van der Waals surface area contributed by atoms with Gasteiger partial charge in [-0.3, -0.25) is 4.68 Å². The second kappa shape index (κ2) is 6.52. The summed E-state index contributed by atoms with van der Waals surface area (Å²) in [6.45, 7) is 2.05. The zero-order chi connectivity index (χ0) is 13.8. The van der Waals surface area contributed by atoms with Gasteiger partial charge in [-0.1, -0.05) is 25.7 Å². The first-order valence-electron chi connectivity index (χ1n) is 8.11. The first-order chi connectivity index (χ1) is 9.81. The van der Waals surface area contributed by atoms with Crippen LogP contribution in [-0.4, -0.2) is 27.3 Å². The van der Waals surface area contributed by atoms with Crippen LogP contribution < -0.4 is 5.32 Å². The molecule has 0 radical (unpaired) electrons. The minimum absolute atomic E-state index is 0.520. The van der Waals surface area contributed by atoms with E-state index in [-0.39, 0.29) is 0 Å². The van der Waals surface area contributed by atoms with Gasteiger partial charge in [-0.2, -0.15) is 16.9 Å². The van der Waals surface area contributed by atoms with Gasteiger partial charge >= 0.3 is 0 Å². The molecule has 1 N–H and O–H groups in total. The molecule has 20 heavy (non-hydrogen) atoms. The summed E-state index contributed by atoms with van der Waals surface area (Å²) in [5.74, 6) is 0. The zero-order valence-electron chi connectivity index (χ0n) is 12.6. The molecule has 3 nitrogen and oxygen atoms in total. The lowest BCUT2D eigenvalue weighted by Crippen LogP contribution is -2.43. The summed E-state index contributed by atoms with van der Waals surface area (Å²) in [6.07, 6.45) is 15.3. The van der Waals surface area contributed by atoms with Crippen LogP contribution in [0.15, 0.2) is 12.3 Å². The number of aromatic nitrogens is 2. The highest BCUT2D eigenvalue weighted by Crippen LogP contribution is 2.42. The van der Waals surface area contributed by atoms with E-state index in [1.165, 1.54) is 57.1 Å². The van der Waals surface area contributed by atoms with Gasteiger partial charge in [0, 0.05) is 24.0 Å². The standard InChI is InChI=1S/C16H27N3S/c1-20-16(9-5-10-16)13-17-12-14-8-11-19(18-14)15-6-3-2-4-7-15/h8,11,15,17H,2-7,9-10,12-13H2,1H3. The van der Waals surface area contributed by atoms with Crippen molar-refractivity contribution in [1.82, 2.24) is 15.1 Å². The molecule has 4 heteroatoms. The molecule has 0 atom stereocenters. The highest BCUT2D eigenvalue weighted by atomic mass is 32.2. The fourth-order valence-corrected chi connectivity index (χ4v) is 4.41. The van der Waals surface area contributed by atoms with Gasteiger partial charge in [0.25, 0.3) is 0 Å². The van der Waals surface area contributed by atoms with Crippen molar-refractivity contribution in [3.63, 3.8) is 0 Å². The summed E-state index contributed by atoms with van der Waals surface area (Å²) in [5, 5.41) is 8.39. The third-order valence-corrected chi connectivity index (χ3v) is 6.48. The first-order valence-corrected chi connectivity index (χ1v) is 9.34. The van der Waals surface area contributed by atoms with E-state index >= 15 is 0 Å². The molecular weight excluding hydrogens is 266 g/mol. The van der Waals surface area contributed by atoms with E-state index in [1.807, 2.05) is 11.8 Å². The Kier molecular flexibility index (Phi) is 4.72. The topological polar surface area (TPSA) is 29.9 Å². The second-order valence-corrected chi connectivity index (χ2v) is 7.70. The lowest BCUT2D eigenvalue weighted by molar-refractivity contribution is 0.325. The van der Waals surface area contributed by atoms with Gasteiger partial charge in [0.15, 0.2) is 0 Å². The molecule has 0 aliphatic heterocycles. The van der Waals surface area contributed by atoms with E-state index in [2.05, 4.69) is 28.5 Å². The molecule has 0 bridgehead atoms. The molecule has 3 rings (SSSR count). The minimum Gasteiger partial charge on any atom is -0.310 e. The fourth-order valence-electron chi connectivity index (χ4n) is 3.46. The summed E-state index contributed by atoms with van der Waals surface area (Å²) in [7, 11) is 0. The number of nitrogens with zero attached hydrogens (tertiary/aromatic N) is 2. The number of rotatable bonds is 6. The van der Waals surface area contributed by atoms with Crippen molar-refractivity contribution in [3.8, 4) is 0 Å². The second-order valence-electron chi connectivity index (χ2n) is 6.42. The van der Waals surface area contributed by atoms with Gasteiger partial charge in [0.05, 0.1) is 11.7 Å². The molecular formula is C16H27N3S. The number of hydrogen-bond acceptors (Lipinski definition) is 3. The van der Waals surface area contributed by atoms with E-state index in [1.54, 1.807) is 0 Å². The summed E-state index contributed by atoms with van der Waals surface area (Å²) in [5.41, 5.74) is 1.20. The van der Waals surface area contributed by atoms with Crippen LogP contribution >= 0.6 is 11.8 Å². The fraction of sp³-hybridized carbons (Fsp3) is 0.812. The van der Waals surface area contributed by atoms with Crippen LogP contribution in [0.4, 0.5) is 0 Å². The average molecular weight is 293 g/mol. The highest BCUT2D eigenvalue weighted by molar-refractivity contribution is 8.00. The van der Waals surface area contributed by atoms with Crippen molar-refractivity contribution in [1.29, 1.82) is 0 Å². The van der Waals surface area contributed by atoms with E-state index in [4.69, 9.17) is 5.10 Å². The maximum Gasteiger partial charge on any atom is 0.0762 e. The van der Waals surface area contributed by atoms with E-state index in [0.29, 0.717) is 10.8 Å². The van der Waals surface area contributed by atoms with Crippen molar-refractivity contribution < 1.29 is 0 Å². The zero-order valence-corrected chi connectivity index (χ0v) is 13.4. The van der Waals surface area contributed by atoms with Crippen molar-refractivity contribution in [2.75, 3.05) is 12.8 Å². The predicted octanol–water partition coefficient (Wildman–Crippen LogP) is 3.76. The summed E-state index contributed by atoms with van der Waals surface area (Å²) >= 11 is 2.03. The summed E-state index contributed by atoms with van der Waals surface area (Å²) < 4.78 is 2.73. The molecule has 0 unspecified atom stereocenters. The molecule has 0 saturated heterocycles. The maximum atomic E-state index is 4.77. The Morgan fingerprint density at radius 3 is 2.75 bits per heavy atom. The van der Waals surface area contributed by atoms with Crippen LogP contribution in [-0.2, 0) is 6.54 Å². The number of hydrogen-bond donors (Lipinski definition) is 1. The van der Waals surface area contributed by atoms with E-state index in [0.717, 1.165) is 13.1 Å². The molecule has 2 aliphatic carbocycles. The lowest BCUT2D eigenvalue weighted by Gasteiger charge is -2.40. The van der Waals surface area contributed by atoms with Gasteiger partial charge in [-0.05, 0) is 38.0 Å². The van der Waals surface area contributed by atoms with Gasteiger partial charge < -0.3 is 5.32 Å². The quantitative estimate of drug-likeness (QED) is 0.866. The molecule has 2 aliphatic rings. The molecule has 2 fully saturated rings. The predicted molar refractivity (Wildman–Crippen MR) is 86.2 cm³/mol.